The second-order valence-electron chi connectivity index (χ2n) is 2.61. The molecule has 5 heteroatoms. The summed E-state index contributed by atoms with van der Waals surface area (Å²) in [5, 5.41) is 0.838. The summed E-state index contributed by atoms with van der Waals surface area (Å²) in [4.78, 5) is 15.1. The van der Waals surface area contributed by atoms with Crippen LogP contribution in [-0.2, 0) is 9.53 Å². The number of methoxy groups -OCH3 is 1. The molecule has 0 saturated carbocycles. The molecule has 0 saturated heterocycles. The Bertz CT molecular complexity index is 215. The third-order valence-corrected chi connectivity index (χ3v) is 2.79. The lowest BCUT2D eigenvalue weighted by Crippen LogP contribution is -2.23. The molecule has 12 heavy (non-hydrogen) atoms. The summed E-state index contributed by atoms with van der Waals surface area (Å²) in [6.45, 7) is 1.85. The van der Waals surface area contributed by atoms with E-state index in [1.807, 2.05) is 6.92 Å². The highest BCUT2D eigenvalue weighted by atomic mass is 32.2. The van der Waals surface area contributed by atoms with Crippen LogP contribution >= 0.6 is 11.8 Å². The second-order valence-corrected chi connectivity index (χ2v) is 3.65. The van der Waals surface area contributed by atoms with E-state index in [0.717, 1.165) is 5.04 Å². The second kappa shape index (κ2) is 3.91. The third-order valence-electron chi connectivity index (χ3n) is 1.53. The van der Waals surface area contributed by atoms with Crippen molar-refractivity contribution in [2.45, 2.75) is 19.0 Å². The van der Waals surface area contributed by atoms with Gasteiger partial charge >= 0.3 is 5.97 Å². The van der Waals surface area contributed by atoms with Crippen LogP contribution in [0.4, 0.5) is 0 Å². The predicted octanol–water partition coefficient (Wildman–Crippen LogP) is 0.0205. The van der Waals surface area contributed by atoms with Crippen LogP contribution in [0.5, 0.6) is 0 Å². The Labute approximate surface area is 75.6 Å². The Kier molecular flexibility index (Phi) is 3.11. The predicted molar refractivity (Wildman–Crippen MR) is 49.3 cm³/mol. The van der Waals surface area contributed by atoms with Gasteiger partial charge in [-0.2, -0.15) is 0 Å². The van der Waals surface area contributed by atoms with Gasteiger partial charge in [0, 0.05) is 11.8 Å². The van der Waals surface area contributed by atoms with Gasteiger partial charge in [-0.3, -0.25) is 4.99 Å². The molecule has 0 amide bonds. The first kappa shape index (κ1) is 9.54. The van der Waals surface area contributed by atoms with E-state index in [-0.39, 0.29) is 18.1 Å². The average molecular weight is 188 g/mol. The largest absolute Gasteiger partial charge is 0.467 e. The van der Waals surface area contributed by atoms with E-state index in [1.54, 1.807) is 0 Å². The molecule has 1 heterocycles. The summed E-state index contributed by atoms with van der Waals surface area (Å²) >= 11 is 1.53. The Morgan fingerprint density at radius 1 is 1.92 bits per heavy atom. The van der Waals surface area contributed by atoms with Gasteiger partial charge in [0.05, 0.1) is 12.2 Å². The van der Waals surface area contributed by atoms with Gasteiger partial charge in [-0.05, 0) is 6.92 Å². The SMILES string of the molecule is COC(=O)C1CSC(C(C)N)=N1. The van der Waals surface area contributed by atoms with Crippen molar-refractivity contribution in [3.63, 3.8) is 0 Å². The van der Waals surface area contributed by atoms with E-state index < -0.39 is 0 Å². The Morgan fingerprint density at radius 3 is 3.00 bits per heavy atom. The number of esters is 1. The van der Waals surface area contributed by atoms with E-state index >= 15 is 0 Å². The lowest BCUT2D eigenvalue weighted by Gasteiger charge is -2.01. The van der Waals surface area contributed by atoms with Crippen LogP contribution in [0.1, 0.15) is 6.92 Å². The zero-order valence-electron chi connectivity index (χ0n) is 7.11. The number of aliphatic imine (C=N–C) groups is 1. The van der Waals surface area contributed by atoms with Crippen LogP contribution in [0.2, 0.25) is 0 Å². The van der Waals surface area contributed by atoms with E-state index in [1.165, 1.54) is 18.9 Å². The number of thioether (sulfide) groups is 1. The molecular weight excluding hydrogens is 176 g/mol. The first-order valence-corrected chi connectivity index (χ1v) is 4.67. The van der Waals surface area contributed by atoms with Crippen LogP contribution in [-0.4, -0.2) is 36.0 Å². The van der Waals surface area contributed by atoms with Crippen LogP contribution in [0.25, 0.3) is 0 Å². The molecule has 0 radical (unpaired) electrons. The molecule has 1 rings (SSSR count). The maximum Gasteiger partial charge on any atom is 0.331 e. The normalized spacial score (nSPS) is 24.9. The fraction of sp³-hybridized carbons (Fsp3) is 0.714. The molecule has 0 aliphatic carbocycles. The Hall–Kier alpha value is -0.550. The van der Waals surface area contributed by atoms with Crippen LogP contribution in [0, 0.1) is 0 Å². The number of ether oxygens (including phenoxy) is 1. The maximum absolute atomic E-state index is 11.0. The molecule has 0 aromatic rings. The van der Waals surface area contributed by atoms with Gasteiger partial charge in [-0.25, -0.2) is 4.79 Å². The molecule has 0 aromatic carbocycles. The van der Waals surface area contributed by atoms with Gasteiger partial charge < -0.3 is 10.5 Å². The number of nitrogens with two attached hydrogens (primary N) is 1. The van der Waals surface area contributed by atoms with Gasteiger partial charge in [-0.1, -0.05) is 0 Å². The number of hydrogen-bond donors (Lipinski definition) is 1. The van der Waals surface area contributed by atoms with E-state index in [2.05, 4.69) is 9.73 Å². The van der Waals surface area contributed by atoms with Crippen molar-refractivity contribution in [1.82, 2.24) is 0 Å². The summed E-state index contributed by atoms with van der Waals surface area (Å²) in [6, 6.07) is -0.425. The molecule has 0 aromatic heterocycles. The topological polar surface area (TPSA) is 64.7 Å². The maximum atomic E-state index is 11.0. The molecule has 1 aliphatic heterocycles. The molecule has 0 fully saturated rings. The van der Waals surface area contributed by atoms with Crippen molar-refractivity contribution in [2.75, 3.05) is 12.9 Å². The quantitative estimate of drug-likeness (QED) is 0.620. The molecular formula is C7H12N2O2S. The Balaban J connectivity index is 2.58. The molecule has 2 unspecified atom stereocenters. The minimum Gasteiger partial charge on any atom is -0.467 e. The summed E-state index contributed by atoms with van der Waals surface area (Å²) in [7, 11) is 1.37. The molecule has 68 valence electrons. The third kappa shape index (κ3) is 1.98. The molecule has 0 bridgehead atoms. The minimum absolute atomic E-state index is 0.0790. The molecule has 2 atom stereocenters. The van der Waals surface area contributed by atoms with Crippen molar-refractivity contribution in [3.05, 3.63) is 0 Å². The number of carbonyl (C=O) groups is 1. The van der Waals surface area contributed by atoms with Crippen molar-refractivity contribution >= 4 is 22.8 Å². The average Bonchev–Trinajstić information content (AvgIpc) is 2.51. The number of rotatable bonds is 2. The lowest BCUT2D eigenvalue weighted by molar-refractivity contribution is -0.141. The zero-order chi connectivity index (χ0) is 9.14. The van der Waals surface area contributed by atoms with E-state index in [4.69, 9.17) is 5.73 Å². The molecule has 2 N–H and O–H groups in total. The molecule has 1 aliphatic rings. The highest BCUT2D eigenvalue weighted by Crippen LogP contribution is 2.20. The first-order valence-electron chi connectivity index (χ1n) is 3.69. The van der Waals surface area contributed by atoms with Crippen molar-refractivity contribution in [1.29, 1.82) is 0 Å². The molecule has 0 spiro atoms. The number of nitrogens with zero attached hydrogens (tertiary/aromatic N) is 1. The fourth-order valence-electron chi connectivity index (χ4n) is 0.898. The minimum atomic E-state index is -0.346. The van der Waals surface area contributed by atoms with Gasteiger partial charge in [0.1, 0.15) is 0 Å². The van der Waals surface area contributed by atoms with Crippen molar-refractivity contribution in [2.24, 2.45) is 10.7 Å². The number of hydrogen-bond acceptors (Lipinski definition) is 5. The van der Waals surface area contributed by atoms with E-state index in [0.29, 0.717) is 5.75 Å². The number of carbonyl (C=O) groups excluding carboxylic acids is 1. The van der Waals surface area contributed by atoms with Crippen molar-refractivity contribution in [3.8, 4) is 0 Å². The van der Waals surface area contributed by atoms with Crippen LogP contribution in [0.3, 0.4) is 0 Å². The smallest absolute Gasteiger partial charge is 0.331 e. The van der Waals surface area contributed by atoms with Crippen molar-refractivity contribution < 1.29 is 9.53 Å². The highest BCUT2D eigenvalue weighted by molar-refractivity contribution is 8.14. The monoisotopic (exact) mass is 188 g/mol. The lowest BCUT2D eigenvalue weighted by atomic mass is 10.3. The standard InChI is InChI=1S/C7H12N2O2S/c1-4(8)6-9-5(3-12-6)7(10)11-2/h4-5H,3,8H2,1-2H3. The highest BCUT2D eigenvalue weighted by Gasteiger charge is 2.26. The first-order chi connectivity index (χ1) is 5.65. The summed E-state index contributed by atoms with van der Waals surface area (Å²) in [6.07, 6.45) is 0. The summed E-state index contributed by atoms with van der Waals surface area (Å²) < 4.78 is 4.56. The van der Waals surface area contributed by atoms with Gasteiger partial charge in [0.15, 0.2) is 6.04 Å². The van der Waals surface area contributed by atoms with Gasteiger partial charge in [0.25, 0.3) is 0 Å². The van der Waals surface area contributed by atoms with E-state index in [9.17, 15) is 4.79 Å². The zero-order valence-corrected chi connectivity index (χ0v) is 7.93. The summed E-state index contributed by atoms with van der Waals surface area (Å²) in [5.41, 5.74) is 5.60. The van der Waals surface area contributed by atoms with Gasteiger partial charge in [-0.15, -0.1) is 11.8 Å². The van der Waals surface area contributed by atoms with Gasteiger partial charge in [0.2, 0.25) is 0 Å². The Morgan fingerprint density at radius 2 is 2.58 bits per heavy atom. The molecule has 4 nitrogen and oxygen atoms in total. The van der Waals surface area contributed by atoms with Crippen LogP contribution in [0.15, 0.2) is 4.99 Å². The summed E-state index contributed by atoms with van der Waals surface area (Å²) in [5.74, 6) is 0.377. The van der Waals surface area contributed by atoms with Crippen LogP contribution < -0.4 is 5.73 Å². The fourth-order valence-corrected chi connectivity index (χ4v) is 1.90.